The first-order valence-electron chi connectivity index (χ1n) is 8.80. The molecule has 2 saturated heterocycles. The first kappa shape index (κ1) is 19.4. The highest BCUT2D eigenvalue weighted by molar-refractivity contribution is 5.20. The van der Waals surface area contributed by atoms with Gasteiger partial charge in [-0.1, -0.05) is 12.2 Å². The second kappa shape index (κ2) is 8.99. The van der Waals surface area contributed by atoms with Gasteiger partial charge in [0.05, 0.1) is 26.4 Å². The van der Waals surface area contributed by atoms with Crippen molar-refractivity contribution >= 4 is 0 Å². The van der Waals surface area contributed by atoms with Gasteiger partial charge in [0.2, 0.25) is 0 Å². The summed E-state index contributed by atoms with van der Waals surface area (Å²) in [5.74, 6) is -3.56. The van der Waals surface area contributed by atoms with Crippen LogP contribution in [0.4, 0.5) is 13.2 Å². The summed E-state index contributed by atoms with van der Waals surface area (Å²) in [7, 11) is 0. The van der Waals surface area contributed by atoms with Gasteiger partial charge in [0.25, 0.3) is 0 Å². The van der Waals surface area contributed by atoms with E-state index >= 15 is 0 Å². The lowest BCUT2D eigenvalue weighted by atomic mass is 10.0. The molecule has 144 valence electrons. The van der Waals surface area contributed by atoms with Crippen molar-refractivity contribution in [2.45, 2.75) is 32.3 Å². The molecule has 0 N–H and O–H groups in total. The lowest BCUT2D eigenvalue weighted by Gasteiger charge is -2.32. The monoisotopic (exact) mass is 372 g/mol. The molecule has 0 aliphatic carbocycles. The lowest BCUT2D eigenvalue weighted by Crippen LogP contribution is -2.33. The Morgan fingerprint density at radius 3 is 2.12 bits per heavy atom. The summed E-state index contributed by atoms with van der Waals surface area (Å²) < 4.78 is 62.1. The highest BCUT2D eigenvalue weighted by Gasteiger charge is 2.27. The first-order chi connectivity index (χ1) is 12.6. The summed E-state index contributed by atoms with van der Waals surface area (Å²) in [6, 6.07) is 1.79. The predicted molar refractivity (Wildman–Crippen MR) is 87.7 cm³/mol. The fraction of sp³-hybridized carbons (Fsp3) is 0.579. The average Bonchev–Trinajstić information content (AvgIpc) is 2.66. The van der Waals surface area contributed by atoms with Gasteiger partial charge in [0.15, 0.2) is 30.0 Å². The van der Waals surface area contributed by atoms with E-state index in [-0.39, 0.29) is 17.8 Å². The Morgan fingerprint density at radius 1 is 0.923 bits per heavy atom. The van der Waals surface area contributed by atoms with Crippen LogP contribution in [0.2, 0.25) is 0 Å². The van der Waals surface area contributed by atoms with Gasteiger partial charge in [-0.25, -0.2) is 13.2 Å². The van der Waals surface area contributed by atoms with Gasteiger partial charge in [0, 0.05) is 17.4 Å². The van der Waals surface area contributed by atoms with Gasteiger partial charge in [0.1, 0.15) is 0 Å². The van der Waals surface area contributed by atoms with Crippen molar-refractivity contribution in [2.75, 3.05) is 26.4 Å². The number of hydrogen-bond donors (Lipinski definition) is 0. The Bertz CT molecular complexity index is 598. The van der Waals surface area contributed by atoms with Gasteiger partial charge in [-0.15, -0.1) is 0 Å². The Labute approximate surface area is 150 Å². The van der Waals surface area contributed by atoms with E-state index in [9.17, 15) is 13.2 Å². The SMILES string of the molecule is CC=CC1COC(CCC2COC(c3cc(F)c(F)c(F)c3)OC2)OC1. The van der Waals surface area contributed by atoms with Crippen LogP contribution in [-0.2, 0) is 18.9 Å². The topological polar surface area (TPSA) is 36.9 Å². The van der Waals surface area contributed by atoms with Crippen molar-refractivity contribution < 1.29 is 32.1 Å². The molecule has 2 heterocycles. The summed E-state index contributed by atoms with van der Waals surface area (Å²) in [5, 5.41) is 0. The molecule has 3 rings (SSSR count). The molecule has 0 atom stereocenters. The standard InChI is InChI=1S/C19H23F3O4/c1-2-3-12-8-23-17(24-9-12)5-4-13-10-25-19(26-11-13)14-6-15(20)18(22)16(21)7-14/h2-3,6-7,12-13,17,19H,4-5,8-11H2,1H3. The van der Waals surface area contributed by atoms with E-state index in [1.165, 1.54) is 0 Å². The molecule has 2 aliphatic rings. The molecule has 2 aliphatic heterocycles. The fourth-order valence-electron chi connectivity index (χ4n) is 3.09. The highest BCUT2D eigenvalue weighted by Crippen LogP contribution is 2.29. The lowest BCUT2D eigenvalue weighted by molar-refractivity contribution is -0.217. The molecule has 1 aromatic rings. The molecule has 26 heavy (non-hydrogen) atoms. The Kier molecular flexibility index (Phi) is 6.69. The van der Waals surface area contributed by atoms with Crippen LogP contribution >= 0.6 is 0 Å². The minimum atomic E-state index is -1.49. The molecule has 4 nitrogen and oxygen atoms in total. The van der Waals surface area contributed by atoms with Crippen molar-refractivity contribution in [3.8, 4) is 0 Å². The second-order valence-electron chi connectivity index (χ2n) is 6.62. The molecule has 0 saturated carbocycles. The summed E-state index contributed by atoms with van der Waals surface area (Å²) in [4.78, 5) is 0. The Morgan fingerprint density at radius 2 is 1.54 bits per heavy atom. The van der Waals surface area contributed by atoms with Crippen LogP contribution in [0.5, 0.6) is 0 Å². The summed E-state index contributed by atoms with van der Waals surface area (Å²) in [5.41, 5.74) is 0.133. The van der Waals surface area contributed by atoms with Crippen molar-refractivity contribution in [1.29, 1.82) is 0 Å². The fourth-order valence-corrected chi connectivity index (χ4v) is 3.09. The normalized spacial score (nSPS) is 30.0. The van der Waals surface area contributed by atoms with Crippen molar-refractivity contribution in [3.05, 3.63) is 47.3 Å². The zero-order valence-corrected chi connectivity index (χ0v) is 14.6. The summed E-state index contributed by atoms with van der Waals surface area (Å²) in [6.07, 6.45) is 4.46. The zero-order chi connectivity index (χ0) is 18.5. The third-order valence-electron chi connectivity index (χ3n) is 4.51. The van der Waals surface area contributed by atoms with E-state index < -0.39 is 23.7 Å². The first-order valence-corrected chi connectivity index (χ1v) is 8.80. The van der Waals surface area contributed by atoms with E-state index in [0.29, 0.717) is 32.3 Å². The zero-order valence-electron chi connectivity index (χ0n) is 14.6. The molecular formula is C19H23F3O4. The van der Waals surface area contributed by atoms with Gasteiger partial charge < -0.3 is 18.9 Å². The van der Waals surface area contributed by atoms with Crippen molar-refractivity contribution in [2.24, 2.45) is 11.8 Å². The van der Waals surface area contributed by atoms with Crippen LogP contribution in [0.3, 0.4) is 0 Å². The van der Waals surface area contributed by atoms with E-state index in [1.54, 1.807) is 0 Å². The van der Waals surface area contributed by atoms with Crippen LogP contribution in [0.15, 0.2) is 24.3 Å². The van der Waals surface area contributed by atoms with Crippen LogP contribution in [0.1, 0.15) is 31.6 Å². The Balaban J connectivity index is 1.42. The van der Waals surface area contributed by atoms with Crippen LogP contribution < -0.4 is 0 Å². The van der Waals surface area contributed by atoms with Gasteiger partial charge in [-0.2, -0.15) is 0 Å². The number of benzene rings is 1. The molecule has 0 bridgehead atoms. The van der Waals surface area contributed by atoms with Crippen molar-refractivity contribution in [1.82, 2.24) is 0 Å². The molecular weight excluding hydrogens is 349 g/mol. The molecule has 2 fully saturated rings. The smallest absolute Gasteiger partial charge is 0.194 e. The maximum absolute atomic E-state index is 13.3. The Hall–Kier alpha value is -1.41. The van der Waals surface area contributed by atoms with Crippen LogP contribution in [-0.4, -0.2) is 32.7 Å². The number of hydrogen-bond acceptors (Lipinski definition) is 4. The van der Waals surface area contributed by atoms with E-state index in [2.05, 4.69) is 6.08 Å². The van der Waals surface area contributed by atoms with Gasteiger partial charge in [-0.3, -0.25) is 0 Å². The number of ether oxygens (including phenoxy) is 4. The van der Waals surface area contributed by atoms with Crippen LogP contribution in [0, 0.1) is 29.3 Å². The molecule has 0 spiro atoms. The van der Waals surface area contributed by atoms with Gasteiger partial charge in [-0.05, 0) is 31.9 Å². The molecule has 0 aromatic heterocycles. The third kappa shape index (κ3) is 4.85. The van der Waals surface area contributed by atoms with E-state index in [1.807, 2.05) is 13.0 Å². The maximum Gasteiger partial charge on any atom is 0.194 e. The van der Waals surface area contributed by atoms with Crippen molar-refractivity contribution in [3.63, 3.8) is 0 Å². The van der Waals surface area contributed by atoms with Gasteiger partial charge >= 0.3 is 0 Å². The molecule has 7 heteroatoms. The summed E-state index contributed by atoms with van der Waals surface area (Å²) in [6.45, 7) is 4.04. The molecule has 1 aromatic carbocycles. The van der Waals surface area contributed by atoms with E-state index in [0.717, 1.165) is 25.0 Å². The maximum atomic E-state index is 13.3. The molecule has 0 radical (unpaired) electrons. The molecule has 0 unspecified atom stereocenters. The summed E-state index contributed by atoms with van der Waals surface area (Å²) >= 11 is 0. The molecule has 0 amide bonds. The minimum absolute atomic E-state index is 0.133. The number of rotatable bonds is 5. The number of halogens is 3. The largest absolute Gasteiger partial charge is 0.352 e. The average molecular weight is 372 g/mol. The van der Waals surface area contributed by atoms with Crippen LogP contribution in [0.25, 0.3) is 0 Å². The predicted octanol–water partition coefficient (Wildman–Crippen LogP) is 4.11. The highest BCUT2D eigenvalue weighted by atomic mass is 19.2. The third-order valence-corrected chi connectivity index (χ3v) is 4.51. The quantitative estimate of drug-likeness (QED) is 0.576. The second-order valence-corrected chi connectivity index (χ2v) is 6.62. The number of allylic oxidation sites excluding steroid dienone is 1. The van der Waals surface area contributed by atoms with E-state index in [4.69, 9.17) is 18.9 Å². The minimum Gasteiger partial charge on any atom is -0.352 e.